The highest BCUT2D eigenvalue weighted by Crippen LogP contribution is 2.22. The first-order valence-corrected chi connectivity index (χ1v) is 6.93. The molecule has 0 aromatic heterocycles. The number of nitrogens with one attached hydrogen (secondary N) is 1. The van der Waals surface area contributed by atoms with Crippen molar-refractivity contribution in [1.82, 2.24) is 5.32 Å². The second kappa shape index (κ2) is 6.06. The number of rotatable bonds is 4. The molecule has 19 heavy (non-hydrogen) atoms. The smallest absolute Gasteiger partial charge is 0.250 e. The van der Waals surface area contributed by atoms with Crippen molar-refractivity contribution in [2.24, 2.45) is 5.73 Å². The van der Waals surface area contributed by atoms with E-state index in [0.717, 1.165) is 24.3 Å². The highest BCUT2D eigenvalue weighted by atomic mass is 16.1. The van der Waals surface area contributed by atoms with Gasteiger partial charge in [-0.15, -0.1) is 0 Å². The summed E-state index contributed by atoms with van der Waals surface area (Å²) in [4.78, 5) is 13.6. The number of benzene rings is 1. The number of amides is 1. The Bertz CT molecular complexity index is 453. The van der Waals surface area contributed by atoms with E-state index in [0.29, 0.717) is 11.6 Å². The number of likely N-dealkylation sites (N-methyl/N-ethyl adjacent to an activating group) is 1. The highest BCUT2D eigenvalue weighted by molar-refractivity contribution is 5.98. The molecule has 1 aromatic carbocycles. The van der Waals surface area contributed by atoms with E-state index in [9.17, 15) is 4.79 Å². The van der Waals surface area contributed by atoms with Crippen LogP contribution in [0, 0.1) is 6.92 Å². The fourth-order valence-corrected chi connectivity index (χ4v) is 2.67. The molecule has 0 aliphatic carbocycles. The summed E-state index contributed by atoms with van der Waals surface area (Å²) in [5, 5.41) is 3.53. The van der Waals surface area contributed by atoms with Crippen LogP contribution in [0.5, 0.6) is 0 Å². The van der Waals surface area contributed by atoms with Gasteiger partial charge in [-0.3, -0.25) is 4.79 Å². The van der Waals surface area contributed by atoms with Crippen molar-refractivity contribution in [2.45, 2.75) is 32.2 Å². The van der Waals surface area contributed by atoms with E-state index in [-0.39, 0.29) is 5.91 Å². The molecule has 3 N–H and O–H groups in total. The molecule has 0 spiro atoms. The first-order chi connectivity index (χ1) is 9.08. The average molecular weight is 261 g/mol. The molecule has 1 heterocycles. The maximum atomic E-state index is 11.5. The summed E-state index contributed by atoms with van der Waals surface area (Å²) in [5.41, 5.74) is 8.13. The molecule has 1 saturated heterocycles. The Balaban J connectivity index is 2.14. The number of hydrogen-bond donors (Lipinski definition) is 2. The quantitative estimate of drug-likeness (QED) is 0.867. The Kier molecular flexibility index (Phi) is 4.43. The maximum absolute atomic E-state index is 11.5. The minimum absolute atomic E-state index is 0.363. The molecule has 0 bridgehead atoms. The van der Waals surface area contributed by atoms with E-state index >= 15 is 0 Å². The van der Waals surface area contributed by atoms with Crippen LogP contribution < -0.4 is 16.0 Å². The summed E-state index contributed by atoms with van der Waals surface area (Å²) < 4.78 is 0. The molecular formula is C15H23N3O. The number of nitrogens with two attached hydrogens (primary N) is 1. The first-order valence-electron chi connectivity index (χ1n) is 6.93. The van der Waals surface area contributed by atoms with Gasteiger partial charge in [0.25, 0.3) is 5.91 Å². The highest BCUT2D eigenvalue weighted by Gasteiger charge is 2.18. The average Bonchev–Trinajstić information content (AvgIpc) is 2.39. The normalized spacial score (nSPS) is 19.2. The Hall–Kier alpha value is -1.55. The molecule has 1 amide bonds. The largest absolute Gasteiger partial charge is 0.372 e. The lowest BCUT2D eigenvalue weighted by Gasteiger charge is -2.30. The lowest BCUT2D eigenvalue weighted by atomic mass is 10.0. The zero-order chi connectivity index (χ0) is 13.8. The minimum atomic E-state index is -0.363. The van der Waals surface area contributed by atoms with Crippen LogP contribution in [0.4, 0.5) is 5.69 Å². The molecule has 2 rings (SSSR count). The first kappa shape index (κ1) is 13.9. The van der Waals surface area contributed by atoms with Gasteiger partial charge < -0.3 is 16.0 Å². The van der Waals surface area contributed by atoms with Crippen LogP contribution >= 0.6 is 0 Å². The van der Waals surface area contributed by atoms with Crippen molar-refractivity contribution in [3.05, 3.63) is 29.3 Å². The fraction of sp³-hybridized carbons (Fsp3) is 0.533. The van der Waals surface area contributed by atoms with Crippen molar-refractivity contribution in [2.75, 3.05) is 25.0 Å². The molecule has 0 radical (unpaired) electrons. The number of piperidine rings is 1. The van der Waals surface area contributed by atoms with Crippen molar-refractivity contribution >= 4 is 11.6 Å². The number of primary amides is 1. The molecule has 104 valence electrons. The molecule has 1 aromatic rings. The topological polar surface area (TPSA) is 58.4 Å². The standard InChI is InChI=1S/C15H23N3O/c1-11-6-7-13(15(16)19)14(9-11)18(2)10-12-5-3-4-8-17-12/h6-7,9,12,17H,3-5,8,10H2,1-2H3,(H2,16,19). The van der Waals surface area contributed by atoms with Gasteiger partial charge in [0.05, 0.1) is 5.56 Å². The molecule has 4 nitrogen and oxygen atoms in total. The van der Waals surface area contributed by atoms with E-state index in [2.05, 4.69) is 10.2 Å². The molecule has 1 aliphatic rings. The van der Waals surface area contributed by atoms with Crippen LogP contribution in [0.1, 0.15) is 35.2 Å². The van der Waals surface area contributed by atoms with E-state index in [1.165, 1.54) is 19.3 Å². The van der Waals surface area contributed by atoms with E-state index < -0.39 is 0 Å². The molecular weight excluding hydrogens is 238 g/mol. The van der Waals surface area contributed by atoms with Crippen LogP contribution in [0.2, 0.25) is 0 Å². The van der Waals surface area contributed by atoms with Crippen molar-refractivity contribution in [1.29, 1.82) is 0 Å². The van der Waals surface area contributed by atoms with Gasteiger partial charge in [0.1, 0.15) is 0 Å². The van der Waals surface area contributed by atoms with Gasteiger partial charge in [0.15, 0.2) is 0 Å². The molecule has 1 fully saturated rings. The monoisotopic (exact) mass is 261 g/mol. The zero-order valence-corrected chi connectivity index (χ0v) is 11.8. The van der Waals surface area contributed by atoms with E-state index in [1.807, 2.05) is 32.2 Å². The molecule has 1 unspecified atom stereocenters. The second-order valence-corrected chi connectivity index (χ2v) is 5.41. The molecule has 4 heteroatoms. The summed E-state index contributed by atoms with van der Waals surface area (Å²) in [6, 6.07) is 6.27. The molecule has 0 saturated carbocycles. The molecule has 1 aliphatic heterocycles. The van der Waals surface area contributed by atoms with Crippen molar-refractivity contribution in [3.63, 3.8) is 0 Å². The second-order valence-electron chi connectivity index (χ2n) is 5.41. The fourth-order valence-electron chi connectivity index (χ4n) is 2.67. The van der Waals surface area contributed by atoms with Gasteiger partial charge in [0, 0.05) is 25.3 Å². The van der Waals surface area contributed by atoms with E-state index in [4.69, 9.17) is 5.73 Å². The molecule has 1 atom stereocenters. The number of hydrogen-bond acceptors (Lipinski definition) is 3. The Labute approximate surface area is 115 Å². The van der Waals surface area contributed by atoms with Crippen molar-refractivity contribution < 1.29 is 4.79 Å². The lowest BCUT2D eigenvalue weighted by molar-refractivity contribution is 0.100. The minimum Gasteiger partial charge on any atom is -0.372 e. The lowest BCUT2D eigenvalue weighted by Crippen LogP contribution is -2.42. The number of nitrogens with zero attached hydrogens (tertiary/aromatic N) is 1. The zero-order valence-electron chi connectivity index (χ0n) is 11.8. The number of carbonyl (C=O) groups is 1. The van der Waals surface area contributed by atoms with Gasteiger partial charge in [-0.05, 0) is 44.0 Å². The van der Waals surface area contributed by atoms with Crippen LogP contribution in [-0.2, 0) is 0 Å². The number of aryl methyl sites for hydroxylation is 1. The number of anilines is 1. The van der Waals surface area contributed by atoms with Crippen LogP contribution in [0.25, 0.3) is 0 Å². The van der Waals surface area contributed by atoms with Crippen LogP contribution in [0.15, 0.2) is 18.2 Å². The third-order valence-electron chi connectivity index (χ3n) is 3.74. The SMILES string of the molecule is Cc1ccc(C(N)=O)c(N(C)CC2CCCCN2)c1. The predicted octanol–water partition coefficient (Wildman–Crippen LogP) is 1.67. The van der Waals surface area contributed by atoms with Crippen LogP contribution in [-0.4, -0.2) is 32.1 Å². The van der Waals surface area contributed by atoms with Gasteiger partial charge >= 0.3 is 0 Å². The predicted molar refractivity (Wildman–Crippen MR) is 78.6 cm³/mol. The third kappa shape index (κ3) is 3.47. The summed E-state index contributed by atoms with van der Waals surface area (Å²) in [6.07, 6.45) is 3.74. The van der Waals surface area contributed by atoms with Gasteiger partial charge in [-0.25, -0.2) is 0 Å². The summed E-state index contributed by atoms with van der Waals surface area (Å²) in [5.74, 6) is -0.363. The van der Waals surface area contributed by atoms with Gasteiger partial charge in [-0.2, -0.15) is 0 Å². The third-order valence-corrected chi connectivity index (χ3v) is 3.74. The summed E-state index contributed by atoms with van der Waals surface area (Å²) in [7, 11) is 2.03. The summed E-state index contributed by atoms with van der Waals surface area (Å²) >= 11 is 0. The number of carbonyl (C=O) groups excluding carboxylic acids is 1. The summed E-state index contributed by atoms with van der Waals surface area (Å²) in [6.45, 7) is 4.03. The maximum Gasteiger partial charge on any atom is 0.250 e. The Morgan fingerprint density at radius 3 is 2.89 bits per heavy atom. The van der Waals surface area contributed by atoms with Crippen LogP contribution in [0.3, 0.4) is 0 Å². The van der Waals surface area contributed by atoms with E-state index in [1.54, 1.807) is 0 Å². The van der Waals surface area contributed by atoms with Gasteiger partial charge in [0.2, 0.25) is 0 Å². The van der Waals surface area contributed by atoms with Crippen molar-refractivity contribution in [3.8, 4) is 0 Å². The van der Waals surface area contributed by atoms with Gasteiger partial charge in [-0.1, -0.05) is 12.5 Å². The Morgan fingerprint density at radius 1 is 1.47 bits per heavy atom. The Morgan fingerprint density at radius 2 is 2.26 bits per heavy atom.